The minimum Gasteiger partial charge on any atom is -0.325 e. The molecule has 2 atom stereocenters. The molecule has 0 bridgehead atoms. The van der Waals surface area contributed by atoms with Crippen molar-refractivity contribution in [2.45, 2.75) is 19.1 Å². The van der Waals surface area contributed by atoms with Gasteiger partial charge in [-0.15, -0.1) is 0 Å². The van der Waals surface area contributed by atoms with Gasteiger partial charge >= 0.3 is 6.03 Å². The van der Waals surface area contributed by atoms with Gasteiger partial charge in [0, 0.05) is 37.4 Å². The van der Waals surface area contributed by atoms with Crippen molar-refractivity contribution in [1.29, 1.82) is 0 Å². The molecule has 2 fully saturated rings. The molecule has 3 aliphatic rings. The molecule has 2 unspecified atom stereocenters. The van der Waals surface area contributed by atoms with Crippen LogP contribution in [0.15, 0.2) is 59.6 Å². The Labute approximate surface area is 192 Å². The van der Waals surface area contributed by atoms with E-state index in [1.807, 2.05) is 72.5 Å². The summed E-state index contributed by atoms with van der Waals surface area (Å²) in [6.07, 6.45) is 3.24. The van der Waals surface area contributed by atoms with E-state index in [9.17, 15) is 9.59 Å². The predicted octanol–water partition coefficient (Wildman–Crippen LogP) is 3.44. The third-order valence-electron chi connectivity index (χ3n) is 6.30. The number of benzene rings is 2. The maximum Gasteiger partial charge on any atom is 0.328 e. The van der Waals surface area contributed by atoms with Gasteiger partial charge in [0.1, 0.15) is 0 Å². The highest BCUT2D eigenvalue weighted by Gasteiger charge is 2.54. The fourth-order valence-electron chi connectivity index (χ4n) is 4.58. The van der Waals surface area contributed by atoms with E-state index in [0.717, 1.165) is 22.8 Å². The standard InChI is InChI=1S/C24H24ClN5O2/c1-16-18(25)11-6-12-19(16)28-14-15-29-20-21(26-23(28)29)27(2)24(32)30(22(20)31)13-7-10-17-8-4-3-5-9-17/h3-12,20-21H,13-15H2,1-2H3/b10-7+. The molecular formula is C24H24ClN5O2. The van der Waals surface area contributed by atoms with Crippen LogP contribution in [-0.2, 0) is 4.79 Å². The summed E-state index contributed by atoms with van der Waals surface area (Å²) in [5.74, 6) is 0.513. The quantitative estimate of drug-likeness (QED) is 0.717. The molecule has 0 spiro atoms. The topological polar surface area (TPSA) is 59.5 Å². The zero-order valence-electron chi connectivity index (χ0n) is 18.0. The summed E-state index contributed by atoms with van der Waals surface area (Å²) in [4.78, 5) is 38.2. The van der Waals surface area contributed by atoms with Crippen molar-refractivity contribution in [3.8, 4) is 0 Å². The average Bonchev–Trinajstić information content (AvgIpc) is 3.37. The van der Waals surface area contributed by atoms with Crippen molar-refractivity contribution in [1.82, 2.24) is 14.7 Å². The summed E-state index contributed by atoms with van der Waals surface area (Å²) in [5, 5.41) is 0.691. The van der Waals surface area contributed by atoms with Gasteiger partial charge in [0.2, 0.25) is 5.96 Å². The largest absolute Gasteiger partial charge is 0.328 e. The fourth-order valence-corrected chi connectivity index (χ4v) is 4.75. The van der Waals surface area contributed by atoms with Crippen molar-refractivity contribution in [3.05, 3.63) is 70.8 Å². The van der Waals surface area contributed by atoms with E-state index in [1.165, 1.54) is 4.90 Å². The number of urea groups is 1. The number of guanidine groups is 1. The van der Waals surface area contributed by atoms with Crippen LogP contribution in [0, 0.1) is 6.92 Å². The third-order valence-corrected chi connectivity index (χ3v) is 6.71. The van der Waals surface area contributed by atoms with Crippen LogP contribution < -0.4 is 4.90 Å². The third kappa shape index (κ3) is 3.24. The molecular weight excluding hydrogens is 426 g/mol. The van der Waals surface area contributed by atoms with Gasteiger partial charge in [0.05, 0.1) is 0 Å². The first-order chi connectivity index (χ1) is 15.5. The second kappa shape index (κ2) is 7.98. The van der Waals surface area contributed by atoms with Crippen LogP contribution in [0.5, 0.6) is 0 Å². The number of likely N-dealkylation sites (N-methyl/N-ethyl adjacent to an activating group) is 1. The van der Waals surface area contributed by atoms with Gasteiger partial charge < -0.3 is 14.7 Å². The van der Waals surface area contributed by atoms with Crippen LogP contribution >= 0.6 is 11.6 Å². The molecule has 0 aliphatic carbocycles. The maximum absolute atomic E-state index is 13.4. The maximum atomic E-state index is 13.4. The van der Waals surface area contributed by atoms with Gasteiger partial charge in [-0.1, -0.05) is 60.2 Å². The summed E-state index contributed by atoms with van der Waals surface area (Å²) < 4.78 is 0. The lowest BCUT2D eigenvalue weighted by Crippen LogP contribution is -2.64. The van der Waals surface area contributed by atoms with E-state index in [0.29, 0.717) is 18.1 Å². The van der Waals surface area contributed by atoms with Crippen LogP contribution in [0.2, 0.25) is 5.02 Å². The van der Waals surface area contributed by atoms with E-state index < -0.39 is 12.2 Å². The van der Waals surface area contributed by atoms with Gasteiger partial charge in [-0.05, 0) is 30.2 Å². The number of carbonyl (C=O) groups is 2. The van der Waals surface area contributed by atoms with Crippen molar-refractivity contribution < 1.29 is 9.59 Å². The molecule has 32 heavy (non-hydrogen) atoms. The van der Waals surface area contributed by atoms with Crippen molar-refractivity contribution in [3.63, 3.8) is 0 Å². The summed E-state index contributed by atoms with van der Waals surface area (Å²) in [6.45, 7) is 3.57. The monoisotopic (exact) mass is 449 g/mol. The van der Waals surface area contributed by atoms with E-state index in [4.69, 9.17) is 16.6 Å². The van der Waals surface area contributed by atoms with Crippen LogP contribution in [0.25, 0.3) is 6.08 Å². The Morgan fingerprint density at radius 3 is 2.66 bits per heavy atom. The van der Waals surface area contributed by atoms with Crippen molar-refractivity contribution in [2.75, 3.05) is 31.6 Å². The summed E-state index contributed by atoms with van der Waals surface area (Å²) in [6, 6.07) is 14.8. The second-order valence-electron chi connectivity index (χ2n) is 8.17. The number of rotatable bonds is 4. The van der Waals surface area contributed by atoms with Crippen LogP contribution in [0.1, 0.15) is 11.1 Å². The second-order valence-corrected chi connectivity index (χ2v) is 8.58. The van der Waals surface area contributed by atoms with Crippen molar-refractivity contribution in [2.24, 2.45) is 4.99 Å². The van der Waals surface area contributed by atoms with Crippen molar-refractivity contribution >= 4 is 41.3 Å². The molecule has 8 heteroatoms. The molecule has 7 nitrogen and oxygen atoms in total. The van der Waals surface area contributed by atoms with Gasteiger partial charge in [0.25, 0.3) is 5.91 Å². The highest BCUT2D eigenvalue weighted by atomic mass is 35.5. The number of nitrogens with zero attached hydrogens (tertiary/aromatic N) is 5. The molecule has 0 N–H and O–H groups in total. The number of imide groups is 1. The van der Waals surface area contributed by atoms with E-state index in [-0.39, 0.29) is 18.5 Å². The molecule has 3 heterocycles. The molecule has 0 radical (unpaired) electrons. The first kappa shape index (κ1) is 20.6. The molecule has 3 amide bonds. The number of hydrogen-bond acceptors (Lipinski definition) is 5. The van der Waals surface area contributed by atoms with Gasteiger partial charge in [0.15, 0.2) is 12.2 Å². The SMILES string of the molecule is Cc1c(Cl)cccc1N1CCN2C1=NC1C2C(=O)N(C/C=C/c2ccccc2)C(=O)N1C. The van der Waals surface area contributed by atoms with E-state index in [1.54, 1.807) is 11.9 Å². The predicted molar refractivity (Wildman–Crippen MR) is 126 cm³/mol. The number of amides is 3. The molecule has 0 saturated carbocycles. The number of hydrogen-bond donors (Lipinski definition) is 0. The Bertz CT molecular complexity index is 1130. The van der Waals surface area contributed by atoms with Gasteiger partial charge in [-0.2, -0.15) is 0 Å². The first-order valence-corrected chi connectivity index (χ1v) is 11.0. The minimum absolute atomic E-state index is 0.209. The Morgan fingerprint density at radius 1 is 1.09 bits per heavy atom. The van der Waals surface area contributed by atoms with Crippen LogP contribution in [-0.4, -0.2) is 71.5 Å². The number of carbonyl (C=O) groups excluding carboxylic acids is 2. The summed E-state index contributed by atoms with van der Waals surface area (Å²) >= 11 is 6.33. The highest BCUT2D eigenvalue weighted by Crippen LogP contribution is 2.35. The average molecular weight is 450 g/mol. The molecule has 2 saturated heterocycles. The molecule has 2 aromatic rings. The van der Waals surface area contributed by atoms with Crippen LogP contribution in [0.4, 0.5) is 10.5 Å². The molecule has 0 aromatic heterocycles. The molecule has 5 rings (SSSR count). The van der Waals surface area contributed by atoms with E-state index >= 15 is 0 Å². The Kier molecular flexibility index (Phi) is 5.13. The summed E-state index contributed by atoms with van der Waals surface area (Å²) in [5.41, 5.74) is 2.97. The zero-order valence-corrected chi connectivity index (χ0v) is 18.7. The highest BCUT2D eigenvalue weighted by molar-refractivity contribution is 6.31. The lowest BCUT2D eigenvalue weighted by Gasteiger charge is -2.40. The molecule has 2 aromatic carbocycles. The molecule has 164 valence electrons. The molecule has 3 aliphatic heterocycles. The smallest absolute Gasteiger partial charge is 0.325 e. The number of anilines is 1. The lowest BCUT2D eigenvalue weighted by atomic mass is 10.1. The van der Waals surface area contributed by atoms with E-state index in [2.05, 4.69) is 4.90 Å². The van der Waals surface area contributed by atoms with Crippen LogP contribution in [0.3, 0.4) is 0 Å². The number of aliphatic imine (C=N–C) groups is 1. The minimum atomic E-state index is -0.526. The Hall–Kier alpha value is -3.32. The number of fused-ring (bicyclic) bond motifs is 3. The Balaban J connectivity index is 1.39. The zero-order chi connectivity index (χ0) is 22.4. The summed E-state index contributed by atoms with van der Waals surface area (Å²) in [7, 11) is 1.71. The lowest BCUT2D eigenvalue weighted by molar-refractivity contribution is -0.136. The normalized spacial score (nSPS) is 22.7. The van der Waals surface area contributed by atoms with Gasteiger partial charge in [-0.3, -0.25) is 9.69 Å². The Morgan fingerprint density at radius 2 is 1.88 bits per heavy atom. The first-order valence-electron chi connectivity index (χ1n) is 10.6. The fraction of sp³-hybridized carbons (Fsp3) is 0.292. The number of halogens is 1. The van der Waals surface area contributed by atoms with Gasteiger partial charge in [-0.25, -0.2) is 9.79 Å².